The summed E-state index contributed by atoms with van der Waals surface area (Å²) in [6.45, 7) is 5.24. The average molecular weight is 302 g/mol. The van der Waals surface area contributed by atoms with Gasteiger partial charge in [-0.3, -0.25) is 0 Å². The van der Waals surface area contributed by atoms with Crippen molar-refractivity contribution in [1.29, 1.82) is 0 Å². The Balaban J connectivity index is 2.23. The molecule has 1 rings (SSSR count). The molecule has 2 nitrogen and oxygen atoms in total. The van der Waals surface area contributed by atoms with Crippen molar-refractivity contribution >= 4 is 23.4 Å². The first-order valence-corrected chi connectivity index (χ1v) is 8.21. The Kier molecular flexibility index (Phi) is 7.84. The van der Waals surface area contributed by atoms with Gasteiger partial charge in [-0.2, -0.15) is 0 Å². The lowest BCUT2D eigenvalue weighted by atomic mass is 9.96. The lowest BCUT2D eigenvalue weighted by Crippen LogP contribution is -2.45. The van der Waals surface area contributed by atoms with Crippen molar-refractivity contribution in [2.75, 3.05) is 18.9 Å². The number of aliphatic hydroxyl groups excluding tert-OH is 1. The van der Waals surface area contributed by atoms with Crippen molar-refractivity contribution in [2.24, 2.45) is 0 Å². The van der Waals surface area contributed by atoms with Gasteiger partial charge in [-0.15, -0.1) is 11.8 Å². The van der Waals surface area contributed by atoms with Crippen LogP contribution in [0.15, 0.2) is 29.2 Å². The normalized spacial score (nSPS) is 14.3. The van der Waals surface area contributed by atoms with Crippen LogP contribution in [0, 0.1) is 0 Å². The number of nitrogens with one attached hydrogen (secondary N) is 1. The van der Waals surface area contributed by atoms with Crippen LogP contribution >= 0.6 is 23.4 Å². The number of hydrogen-bond donors (Lipinski definition) is 2. The van der Waals surface area contributed by atoms with E-state index in [9.17, 15) is 5.11 Å². The highest BCUT2D eigenvalue weighted by Crippen LogP contribution is 2.27. The largest absolute Gasteiger partial charge is 0.394 e. The van der Waals surface area contributed by atoms with E-state index in [2.05, 4.69) is 25.2 Å². The predicted molar refractivity (Wildman–Crippen MR) is 85.2 cm³/mol. The minimum atomic E-state index is -0.135. The van der Waals surface area contributed by atoms with Crippen molar-refractivity contribution < 1.29 is 5.11 Å². The molecule has 2 N–H and O–H groups in total. The monoisotopic (exact) mass is 301 g/mol. The number of benzene rings is 1. The van der Waals surface area contributed by atoms with Crippen LogP contribution in [0.5, 0.6) is 0 Å². The van der Waals surface area contributed by atoms with Gasteiger partial charge in [0.2, 0.25) is 0 Å². The van der Waals surface area contributed by atoms with Crippen molar-refractivity contribution in [3.63, 3.8) is 0 Å². The van der Waals surface area contributed by atoms with E-state index in [1.54, 1.807) is 11.8 Å². The Hall–Kier alpha value is -0.220. The molecule has 0 aromatic heterocycles. The van der Waals surface area contributed by atoms with E-state index < -0.39 is 0 Å². The highest BCUT2D eigenvalue weighted by molar-refractivity contribution is 7.99. The molecule has 108 valence electrons. The van der Waals surface area contributed by atoms with Gasteiger partial charge in [0, 0.05) is 10.4 Å². The Morgan fingerprint density at radius 3 is 2.68 bits per heavy atom. The smallest absolute Gasteiger partial charge is 0.0610 e. The summed E-state index contributed by atoms with van der Waals surface area (Å²) >= 11 is 7.91. The Bertz CT molecular complexity index is 375. The van der Waals surface area contributed by atoms with Crippen molar-refractivity contribution in [3.8, 4) is 0 Å². The Morgan fingerprint density at radius 1 is 1.32 bits per heavy atom. The van der Waals surface area contributed by atoms with Crippen molar-refractivity contribution in [1.82, 2.24) is 5.32 Å². The molecule has 0 saturated carbocycles. The van der Waals surface area contributed by atoms with Crippen molar-refractivity contribution in [2.45, 2.75) is 43.5 Å². The number of rotatable bonds is 9. The lowest BCUT2D eigenvalue weighted by Gasteiger charge is -2.28. The van der Waals surface area contributed by atoms with E-state index in [4.69, 9.17) is 11.6 Å². The number of halogens is 1. The molecule has 19 heavy (non-hydrogen) atoms. The number of likely N-dealkylation sites (N-methyl/N-ethyl adjacent to an activating group) is 1. The molecular weight excluding hydrogens is 278 g/mol. The second kappa shape index (κ2) is 8.85. The van der Waals surface area contributed by atoms with Gasteiger partial charge in [0.1, 0.15) is 0 Å². The molecule has 0 amide bonds. The number of unbranched alkanes of at least 4 members (excludes halogenated alkanes) is 1. The summed E-state index contributed by atoms with van der Waals surface area (Å²) in [6, 6.07) is 7.96. The van der Waals surface area contributed by atoms with E-state index in [0.29, 0.717) is 0 Å². The van der Waals surface area contributed by atoms with Crippen LogP contribution in [0.25, 0.3) is 0 Å². The topological polar surface area (TPSA) is 32.3 Å². The second-order valence-electron chi connectivity index (χ2n) is 4.99. The molecule has 0 aliphatic carbocycles. The van der Waals surface area contributed by atoms with Gasteiger partial charge < -0.3 is 10.4 Å². The van der Waals surface area contributed by atoms with Crippen LogP contribution in [0.4, 0.5) is 0 Å². The first-order valence-electron chi connectivity index (χ1n) is 6.84. The maximum Gasteiger partial charge on any atom is 0.0610 e. The fraction of sp³-hybridized carbons (Fsp3) is 0.600. The summed E-state index contributed by atoms with van der Waals surface area (Å²) in [4.78, 5) is 1.15. The molecule has 1 aromatic rings. The fourth-order valence-corrected chi connectivity index (χ4v) is 3.26. The molecule has 0 saturated heterocycles. The van der Waals surface area contributed by atoms with Crippen LogP contribution in [0.1, 0.15) is 33.1 Å². The molecule has 0 heterocycles. The van der Waals surface area contributed by atoms with E-state index in [0.717, 1.165) is 41.5 Å². The maximum absolute atomic E-state index is 9.40. The van der Waals surface area contributed by atoms with Gasteiger partial charge >= 0.3 is 0 Å². The highest BCUT2D eigenvalue weighted by Gasteiger charge is 2.20. The zero-order valence-electron chi connectivity index (χ0n) is 11.8. The first kappa shape index (κ1) is 16.8. The van der Waals surface area contributed by atoms with Crippen LogP contribution < -0.4 is 5.32 Å². The summed E-state index contributed by atoms with van der Waals surface area (Å²) in [5.41, 5.74) is -0.135. The predicted octanol–water partition coefficient (Wildman–Crippen LogP) is 3.96. The van der Waals surface area contributed by atoms with Crippen LogP contribution in [-0.4, -0.2) is 29.5 Å². The summed E-state index contributed by atoms with van der Waals surface area (Å²) in [5, 5.41) is 13.6. The third-order valence-corrected chi connectivity index (χ3v) is 4.77. The molecule has 0 aliphatic heterocycles. The van der Waals surface area contributed by atoms with Crippen LogP contribution in [0.3, 0.4) is 0 Å². The Labute approximate surface area is 125 Å². The molecule has 1 unspecified atom stereocenters. The second-order valence-corrected chi connectivity index (χ2v) is 6.53. The van der Waals surface area contributed by atoms with Gasteiger partial charge in [0.05, 0.1) is 11.6 Å². The van der Waals surface area contributed by atoms with Crippen LogP contribution in [0.2, 0.25) is 5.02 Å². The van der Waals surface area contributed by atoms with E-state index >= 15 is 0 Å². The SMILES string of the molecule is CCNC(C)(CO)CCCCSc1ccccc1Cl. The molecule has 0 aliphatic rings. The third kappa shape index (κ3) is 6.17. The van der Waals surface area contributed by atoms with Gasteiger partial charge in [0.25, 0.3) is 0 Å². The molecule has 0 radical (unpaired) electrons. The average Bonchev–Trinajstić information content (AvgIpc) is 2.41. The van der Waals surface area contributed by atoms with Gasteiger partial charge in [-0.05, 0) is 44.2 Å². The van der Waals surface area contributed by atoms with Gasteiger partial charge in [-0.1, -0.05) is 37.1 Å². The van der Waals surface area contributed by atoms with Gasteiger partial charge in [0.15, 0.2) is 0 Å². The number of thioether (sulfide) groups is 1. The molecule has 1 atom stereocenters. The minimum Gasteiger partial charge on any atom is -0.394 e. The van der Waals surface area contributed by atoms with Gasteiger partial charge in [-0.25, -0.2) is 0 Å². The molecule has 0 spiro atoms. The first-order chi connectivity index (χ1) is 9.11. The third-order valence-electron chi connectivity index (χ3n) is 3.17. The zero-order chi connectivity index (χ0) is 14.1. The lowest BCUT2D eigenvalue weighted by molar-refractivity contribution is 0.165. The molecule has 0 fully saturated rings. The quantitative estimate of drug-likeness (QED) is 0.535. The maximum atomic E-state index is 9.40. The molecule has 4 heteroatoms. The van der Waals surface area contributed by atoms with Crippen molar-refractivity contribution in [3.05, 3.63) is 29.3 Å². The fourth-order valence-electron chi connectivity index (χ4n) is 2.01. The summed E-state index contributed by atoms with van der Waals surface area (Å²) in [5.74, 6) is 1.07. The van der Waals surface area contributed by atoms with E-state index in [1.807, 2.05) is 18.2 Å². The number of hydrogen-bond acceptors (Lipinski definition) is 3. The zero-order valence-corrected chi connectivity index (χ0v) is 13.4. The Morgan fingerprint density at radius 2 is 2.05 bits per heavy atom. The molecule has 1 aromatic carbocycles. The summed E-state index contributed by atoms with van der Waals surface area (Å²) < 4.78 is 0. The molecule has 0 bridgehead atoms. The summed E-state index contributed by atoms with van der Waals surface area (Å²) in [7, 11) is 0. The van der Waals surface area contributed by atoms with E-state index in [1.165, 1.54) is 0 Å². The summed E-state index contributed by atoms with van der Waals surface area (Å²) in [6.07, 6.45) is 3.25. The van der Waals surface area contributed by atoms with E-state index in [-0.39, 0.29) is 12.1 Å². The highest BCUT2D eigenvalue weighted by atomic mass is 35.5. The number of aliphatic hydroxyl groups is 1. The standard InChI is InChI=1S/C15H24ClNOS/c1-3-17-15(2,12-18)10-6-7-11-19-14-9-5-4-8-13(14)16/h4-5,8-9,17-18H,3,6-7,10-12H2,1-2H3. The molecular formula is C15H24ClNOS. The van der Waals surface area contributed by atoms with Crippen LogP contribution in [-0.2, 0) is 0 Å². The minimum absolute atomic E-state index is 0.135.